The number of nitrogens with zero attached hydrogens (tertiary/aromatic N) is 1. The standard InChI is InChI=1S/C20H22N2O2.ClH/c1-14(23)18-9-2-3-10-19(18)15-6-4-7-16(12-15)20(24)22-11-5-8-17(21)13-22;/h2-4,6-7,9-10,12,17H,5,8,11,13,21H2,1H3;1H. The maximum absolute atomic E-state index is 12.8. The molecule has 2 aromatic rings. The topological polar surface area (TPSA) is 63.4 Å². The van der Waals surface area contributed by atoms with Gasteiger partial charge in [-0.2, -0.15) is 0 Å². The summed E-state index contributed by atoms with van der Waals surface area (Å²) in [4.78, 5) is 26.4. The number of likely N-dealkylation sites (tertiary alicyclic amines) is 1. The molecule has 0 aromatic heterocycles. The van der Waals surface area contributed by atoms with Gasteiger partial charge in [-0.25, -0.2) is 0 Å². The molecule has 1 amide bonds. The second-order valence-corrected chi connectivity index (χ2v) is 6.34. The first-order valence-corrected chi connectivity index (χ1v) is 8.31. The van der Waals surface area contributed by atoms with Crippen molar-refractivity contribution in [3.05, 3.63) is 59.7 Å². The van der Waals surface area contributed by atoms with Gasteiger partial charge >= 0.3 is 0 Å². The number of ketones is 1. The van der Waals surface area contributed by atoms with E-state index >= 15 is 0 Å². The van der Waals surface area contributed by atoms with Crippen LogP contribution in [-0.4, -0.2) is 35.7 Å². The lowest BCUT2D eigenvalue weighted by Gasteiger charge is -2.31. The summed E-state index contributed by atoms with van der Waals surface area (Å²) in [6, 6.07) is 15.0. The Hall–Kier alpha value is -2.17. The summed E-state index contributed by atoms with van der Waals surface area (Å²) >= 11 is 0. The highest BCUT2D eigenvalue weighted by atomic mass is 35.5. The first kappa shape index (κ1) is 19.2. The van der Waals surface area contributed by atoms with E-state index in [1.165, 1.54) is 0 Å². The maximum Gasteiger partial charge on any atom is 0.253 e. The molecule has 2 aromatic carbocycles. The van der Waals surface area contributed by atoms with Gasteiger partial charge in [0.25, 0.3) is 5.91 Å². The van der Waals surface area contributed by atoms with Crippen LogP contribution >= 0.6 is 12.4 Å². The third-order valence-corrected chi connectivity index (χ3v) is 4.47. The van der Waals surface area contributed by atoms with Crippen LogP contribution in [0.5, 0.6) is 0 Å². The minimum absolute atomic E-state index is 0. The Morgan fingerprint density at radius 1 is 1.12 bits per heavy atom. The number of benzene rings is 2. The largest absolute Gasteiger partial charge is 0.337 e. The van der Waals surface area contributed by atoms with Crippen molar-refractivity contribution in [3.63, 3.8) is 0 Å². The zero-order valence-corrected chi connectivity index (χ0v) is 15.1. The second kappa shape index (κ2) is 8.28. The molecule has 1 saturated heterocycles. The minimum atomic E-state index is 0. The number of halogens is 1. The van der Waals surface area contributed by atoms with Crippen LogP contribution in [0.25, 0.3) is 11.1 Å². The number of carbonyl (C=O) groups is 2. The van der Waals surface area contributed by atoms with Crippen LogP contribution in [0.2, 0.25) is 0 Å². The highest BCUT2D eigenvalue weighted by Crippen LogP contribution is 2.25. The summed E-state index contributed by atoms with van der Waals surface area (Å²) < 4.78 is 0. The molecular weight excluding hydrogens is 336 g/mol. The molecule has 1 heterocycles. The Kier molecular flexibility index (Phi) is 6.34. The molecular formula is C20H23ClN2O2. The van der Waals surface area contributed by atoms with Crippen molar-refractivity contribution in [1.29, 1.82) is 0 Å². The van der Waals surface area contributed by atoms with E-state index in [0.717, 1.165) is 30.5 Å². The van der Waals surface area contributed by atoms with Gasteiger partial charge < -0.3 is 10.6 Å². The van der Waals surface area contributed by atoms with E-state index in [1.807, 2.05) is 53.4 Å². The fourth-order valence-electron chi connectivity index (χ4n) is 3.24. The molecule has 4 nitrogen and oxygen atoms in total. The van der Waals surface area contributed by atoms with E-state index in [0.29, 0.717) is 17.7 Å². The van der Waals surface area contributed by atoms with Crippen molar-refractivity contribution in [1.82, 2.24) is 4.90 Å². The monoisotopic (exact) mass is 358 g/mol. The van der Waals surface area contributed by atoms with Crippen LogP contribution < -0.4 is 5.73 Å². The van der Waals surface area contributed by atoms with Crippen LogP contribution in [0, 0.1) is 0 Å². The zero-order valence-electron chi connectivity index (χ0n) is 14.3. The molecule has 25 heavy (non-hydrogen) atoms. The minimum Gasteiger partial charge on any atom is -0.337 e. The van der Waals surface area contributed by atoms with Gasteiger partial charge in [0.05, 0.1) is 0 Å². The van der Waals surface area contributed by atoms with Crippen LogP contribution in [0.15, 0.2) is 48.5 Å². The Bertz CT molecular complexity index is 776. The van der Waals surface area contributed by atoms with Gasteiger partial charge in [-0.1, -0.05) is 36.4 Å². The Balaban J connectivity index is 0.00000225. The van der Waals surface area contributed by atoms with E-state index < -0.39 is 0 Å². The van der Waals surface area contributed by atoms with Gasteiger partial charge in [0.2, 0.25) is 0 Å². The van der Waals surface area contributed by atoms with Crippen molar-refractivity contribution in [3.8, 4) is 11.1 Å². The summed E-state index contributed by atoms with van der Waals surface area (Å²) in [5.41, 5.74) is 9.03. The summed E-state index contributed by atoms with van der Waals surface area (Å²) in [5.74, 6) is 0.0247. The highest BCUT2D eigenvalue weighted by Gasteiger charge is 2.22. The highest BCUT2D eigenvalue weighted by molar-refractivity contribution is 6.02. The third kappa shape index (κ3) is 4.27. The lowest BCUT2D eigenvalue weighted by molar-refractivity contribution is 0.0708. The van der Waals surface area contributed by atoms with Crippen molar-refractivity contribution < 1.29 is 9.59 Å². The van der Waals surface area contributed by atoms with Crippen molar-refractivity contribution in [2.45, 2.75) is 25.8 Å². The predicted octanol–water partition coefficient (Wildman–Crippen LogP) is 3.54. The molecule has 0 spiro atoms. The number of rotatable bonds is 3. The van der Waals surface area contributed by atoms with Crippen LogP contribution in [0.1, 0.15) is 40.5 Å². The molecule has 2 N–H and O–H groups in total. The molecule has 5 heteroatoms. The lowest BCUT2D eigenvalue weighted by Crippen LogP contribution is -2.45. The molecule has 132 valence electrons. The smallest absolute Gasteiger partial charge is 0.253 e. The molecule has 3 rings (SSSR count). The van der Waals surface area contributed by atoms with Crippen molar-refractivity contribution in [2.75, 3.05) is 13.1 Å². The van der Waals surface area contributed by atoms with Crippen LogP contribution in [0.4, 0.5) is 0 Å². The van der Waals surface area contributed by atoms with Gasteiger partial charge in [-0.05, 0) is 43.0 Å². The Labute approximate surface area is 154 Å². The fraction of sp³-hybridized carbons (Fsp3) is 0.300. The van der Waals surface area contributed by atoms with Gasteiger partial charge in [0.15, 0.2) is 5.78 Å². The van der Waals surface area contributed by atoms with Gasteiger partial charge in [-0.3, -0.25) is 9.59 Å². The number of carbonyl (C=O) groups excluding carboxylic acids is 2. The number of nitrogens with two attached hydrogens (primary N) is 1. The second-order valence-electron chi connectivity index (χ2n) is 6.34. The number of amides is 1. The summed E-state index contributed by atoms with van der Waals surface area (Å²) in [6.07, 6.45) is 1.91. The van der Waals surface area contributed by atoms with Crippen molar-refractivity contribution in [2.24, 2.45) is 5.73 Å². The van der Waals surface area contributed by atoms with Crippen LogP contribution in [-0.2, 0) is 0 Å². The van der Waals surface area contributed by atoms with E-state index in [9.17, 15) is 9.59 Å². The first-order chi connectivity index (χ1) is 11.6. The number of Topliss-reactive ketones (excluding diaryl/α,β-unsaturated/α-hetero) is 1. The van der Waals surface area contributed by atoms with Gasteiger partial charge in [0.1, 0.15) is 0 Å². The maximum atomic E-state index is 12.8. The Morgan fingerprint density at radius 3 is 2.60 bits per heavy atom. The molecule has 1 aliphatic heterocycles. The fourth-order valence-corrected chi connectivity index (χ4v) is 3.24. The van der Waals surface area contributed by atoms with E-state index in [1.54, 1.807) is 6.92 Å². The summed E-state index contributed by atoms with van der Waals surface area (Å²) in [6.45, 7) is 2.91. The average Bonchev–Trinajstić information content (AvgIpc) is 2.61. The Morgan fingerprint density at radius 2 is 1.88 bits per heavy atom. The van der Waals surface area contributed by atoms with Gasteiger partial charge in [-0.15, -0.1) is 12.4 Å². The summed E-state index contributed by atoms with van der Waals surface area (Å²) in [7, 11) is 0. The molecule has 0 radical (unpaired) electrons. The zero-order chi connectivity index (χ0) is 17.1. The molecule has 0 bridgehead atoms. The van der Waals surface area contributed by atoms with E-state index in [-0.39, 0.29) is 30.1 Å². The molecule has 1 aliphatic rings. The normalized spacial score (nSPS) is 16.9. The number of piperidine rings is 1. The SMILES string of the molecule is CC(=O)c1ccccc1-c1cccc(C(=O)N2CCCC(N)C2)c1.Cl. The average molecular weight is 359 g/mol. The number of hydrogen-bond acceptors (Lipinski definition) is 3. The summed E-state index contributed by atoms with van der Waals surface area (Å²) in [5, 5.41) is 0. The lowest BCUT2D eigenvalue weighted by atomic mass is 9.96. The van der Waals surface area contributed by atoms with Crippen LogP contribution in [0.3, 0.4) is 0 Å². The quantitative estimate of drug-likeness (QED) is 0.853. The molecule has 1 unspecified atom stereocenters. The molecule has 0 aliphatic carbocycles. The molecule has 0 saturated carbocycles. The predicted molar refractivity (Wildman–Crippen MR) is 102 cm³/mol. The van der Waals surface area contributed by atoms with E-state index in [4.69, 9.17) is 5.73 Å². The van der Waals surface area contributed by atoms with Gasteiger partial charge in [0, 0.05) is 30.3 Å². The molecule has 1 atom stereocenters. The number of hydrogen-bond donors (Lipinski definition) is 1. The third-order valence-electron chi connectivity index (χ3n) is 4.47. The molecule has 1 fully saturated rings. The van der Waals surface area contributed by atoms with Crippen molar-refractivity contribution >= 4 is 24.1 Å². The van der Waals surface area contributed by atoms with E-state index in [2.05, 4.69) is 0 Å². The first-order valence-electron chi connectivity index (χ1n) is 8.31.